The first-order valence-corrected chi connectivity index (χ1v) is 9.09. The Balaban J connectivity index is 2.47. The van der Waals surface area contributed by atoms with Gasteiger partial charge in [0.25, 0.3) is 0 Å². The first-order chi connectivity index (χ1) is 9.48. The number of sulfone groups is 1. The van der Waals surface area contributed by atoms with Crippen molar-refractivity contribution < 1.29 is 17.2 Å². The molecule has 1 aromatic rings. The zero-order valence-electron chi connectivity index (χ0n) is 10.8. The van der Waals surface area contributed by atoms with Crippen molar-refractivity contribution in [3.8, 4) is 0 Å². The Morgan fingerprint density at radius 1 is 1.30 bits per heavy atom. The number of halogens is 3. The molecule has 0 aliphatic carbocycles. The van der Waals surface area contributed by atoms with E-state index in [1.807, 2.05) is 4.90 Å². The van der Waals surface area contributed by atoms with Gasteiger partial charge in [-0.2, -0.15) is 8.78 Å². The standard InChI is InChI=1S/C13H16BrF2NO2S/c14-9-10-5-3-4-8-17(10)11-6-1-2-7-12(11)20(18,19)13(15)16/h1-2,6-7,10,13H,3-5,8-9H2. The van der Waals surface area contributed by atoms with Gasteiger partial charge in [-0.25, -0.2) is 8.42 Å². The highest BCUT2D eigenvalue weighted by Gasteiger charge is 2.32. The largest absolute Gasteiger partial charge is 0.367 e. The van der Waals surface area contributed by atoms with E-state index in [0.717, 1.165) is 19.3 Å². The molecule has 1 unspecified atom stereocenters. The number of anilines is 1. The minimum absolute atomic E-state index is 0.137. The van der Waals surface area contributed by atoms with Crippen LogP contribution in [-0.4, -0.2) is 32.1 Å². The molecule has 0 bridgehead atoms. The van der Waals surface area contributed by atoms with Crippen LogP contribution in [0.4, 0.5) is 14.5 Å². The van der Waals surface area contributed by atoms with E-state index in [1.54, 1.807) is 12.1 Å². The normalized spacial score (nSPS) is 20.4. The summed E-state index contributed by atoms with van der Waals surface area (Å²) in [5.41, 5.74) is 0.386. The van der Waals surface area contributed by atoms with E-state index < -0.39 is 15.6 Å². The molecule has 2 rings (SSSR count). The van der Waals surface area contributed by atoms with Crippen LogP contribution in [0, 0.1) is 0 Å². The van der Waals surface area contributed by atoms with Crippen molar-refractivity contribution in [3.05, 3.63) is 24.3 Å². The minimum Gasteiger partial charge on any atom is -0.367 e. The van der Waals surface area contributed by atoms with Gasteiger partial charge in [-0.1, -0.05) is 28.1 Å². The third kappa shape index (κ3) is 2.98. The first-order valence-electron chi connectivity index (χ1n) is 6.42. The summed E-state index contributed by atoms with van der Waals surface area (Å²) in [6, 6.07) is 6.16. The smallest absolute Gasteiger partial charge is 0.341 e. The van der Waals surface area contributed by atoms with E-state index in [9.17, 15) is 17.2 Å². The second-order valence-corrected chi connectivity index (χ2v) is 7.30. The molecule has 0 aromatic heterocycles. The molecule has 1 saturated heterocycles. The Labute approximate surface area is 126 Å². The van der Waals surface area contributed by atoms with Gasteiger partial charge in [0.2, 0.25) is 9.84 Å². The minimum atomic E-state index is -4.58. The number of benzene rings is 1. The van der Waals surface area contributed by atoms with E-state index in [1.165, 1.54) is 12.1 Å². The zero-order valence-corrected chi connectivity index (χ0v) is 13.2. The van der Waals surface area contributed by atoms with Crippen LogP contribution < -0.4 is 4.90 Å². The number of nitrogens with zero attached hydrogens (tertiary/aromatic N) is 1. The van der Waals surface area contributed by atoms with Crippen LogP contribution in [0.2, 0.25) is 0 Å². The van der Waals surface area contributed by atoms with E-state index >= 15 is 0 Å². The van der Waals surface area contributed by atoms with Gasteiger partial charge >= 0.3 is 5.76 Å². The molecule has 1 fully saturated rings. The van der Waals surface area contributed by atoms with Crippen LogP contribution in [0.1, 0.15) is 19.3 Å². The van der Waals surface area contributed by atoms with Gasteiger partial charge < -0.3 is 4.90 Å². The highest BCUT2D eigenvalue weighted by atomic mass is 79.9. The molecular weight excluding hydrogens is 352 g/mol. The summed E-state index contributed by atoms with van der Waals surface area (Å²) in [7, 11) is -4.58. The Bertz CT molecular complexity index is 565. The fraction of sp³-hybridized carbons (Fsp3) is 0.538. The molecule has 7 heteroatoms. The summed E-state index contributed by atoms with van der Waals surface area (Å²) in [4.78, 5) is 1.65. The maximum absolute atomic E-state index is 12.8. The summed E-state index contributed by atoms with van der Waals surface area (Å²) in [5, 5.41) is 0.691. The van der Waals surface area contributed by atoms with Crippen molar-refractivity contribution in [2.75, 3.05) is 16.8 Å². The molecule has 3 nitrogen and oxygen atoms in total. The number of hydrogen-bond acceptors (Lipinski definition) is 3. The molecule has 1 aliphatic rings. The van der Waals surface area contributed by atoms with E-state index in [4.69, 9.17) is 0 Å². The summed E-state index contributed by atoms with van der Waals surface area (Å²) in [6.45, 7) is 0.687. The van der Waals surface area contributed by atoms with Gasteiger partial charge in [-0.05, 0) is 31.4 Å². The van der Waals surface area contributed by atoms with E-state index in [-0.39, 0.29) is 10.9 Å². The number of rotatable bonds is 4. The summed E-state index contributed by atoms with van der Waals surface area (Å²) in [5.74, 6) is -3.39. The maximum Gasteiger partial charge on any atom is 0.341 e. The molecule has 0 saturated carbocycles. The van der Waals surface area contributed by atoms with Gasteiger partial charge in [0.15, 0.2) is 0 Å². The van der Waals surface area contributed by atoms with Crippen LogP contribution in [0.15, 0.2) is 29.2 Å². The Morgan fingerprint density at radius 2 is 2.00 bits per heavy atom. The Morgan fingerprint density at radius 3 is 2.65 bits per heavy atom. The molecule has 0 amide bonds. The van der Waals surface area contributed by atoms with Crippen molar-refractivity contribution in [2.24, 2.45) is 0 Å². The van der Waals surface area contributed by atoms with Crippen molar-refractivity contribution in [1.82, 2.24) is 0 Å². The van der Waals surface area contributed by atoms with Gasteiger partial charge in [0.1, 0.15) is 0 Å². The number of piperidine rings is 1. The molecule has 1 aromatic carbocycles. The summed E-state index contributed by atoms with van der Waals surface area (Å²) < 4.78 is 49.2. The monoisotopic (exact) mass is 367 g/mol. The summed E-state index contributed by atoms with van der Waals surface area (Å²) in [6.07, 6.45) is 2.93. The third-order valence-corrected chi connectivity index (χ3v) is 5.70. The quantitative estimate of drug-likeness (QED) is 0.765. The van der Waals surface area contributed by atoms with Gasteiger partial charge in [-0.15, -0.1) is 0 Å². The lowest BCUT2D eigenvalue weighted by molar-refractivity contribution is 0.234. The van der Waals surface area contributed by atoms with Crippen molar-refractivity contribution >= 4 is 31.5 Å². The van der Waals surface area contributed by atoms with Gasteiger partial charge in [0.05, 0.1) is 10.6 Å². The lowest BCUT2D eigenvalue weighted by atomic mass is 10.0. The molecular formula is C13H16BrF2NO2S. The third-order valence-electron chi connectivity index (χ3n) is 3.52. The second kappa shape index (κ2) is 6.39. The Hall–Kier alpha value is -0.690. The molecule has 1 heterocycles. The van der Waals surface area contributed by atoms with Crippen molar-refractivity contribution in [3.63, 3.8) is 0 Å². The van der Waals surface area contributed by atoms with Gasteiger partial charge in [0, 0.05) is 17.9 Å². The average molecular weight is 368 g/mol. The molecule has 1 atom stereocenters. The fourth-order valence-corrected chi connectivity index (χ4v) is 4.12. The van der Waals surface area contributed by atoms with Crippen molar-refractivity contribution in [1.29, 1.82) is 0 Å². The second-order valence-electron chi connectivity index (χ2n) is 4.77. The molecule has 112 valence electrons. The van der Waals surface area contributed by atoms with Crippen LogP contribution >= 0.6 is 15.9 Å². The van der Waals surface area contributed by atoms with Crippen molar-refractivity contribution in [2.45, 2.75) is 36.0 Å². The highest BCUT2D eigenvalue weighted by Crippen LogP contribution is 2.33. The SMILES string of the molecule is O=S(=O)(c1ccccc1N1CCCCC1CBr)C(F)F. The zero-order chi connectivity index (χ0) is 14.8. The molecule has 0 N–H and O–H groups in total. The number of hydrogen-bond donors (Lipinski definition) is 0. The summed E-state index contributed by atoms with van der Waals surface area (Å²) >= 11 is 3.41. The fourth-order valence-electron chi connectivity index (χ4n) is 2.51. The number of alkyl halides is 3. The molecule has 0 spiro atoms. The average Bonchev–Trinajstić information content (AvgIpc) is 2.47. The van der Waals surface area contributed by atoms with E-state index in [2.05, 4.69) is 15.9 Å². The first kappa shape index (κ1) is 15.7. The molecule has 1 aliphatic heterocycles. The van der Waals surface area contributed by atoms with Gasteiger partial charge in [-0.3, -0.25) is 0 Å². The van der Waals surface area contributed by atoms with Crippen LogP contribution in [-0.2, 0) is 9.84 Å². The lowest BCUT2D eigenvalue weighted by Crippen LogP contribution is -2.41. The molecule has 20 heavy (non-hydrogen) atoms. The van der Waals surface area contributed by atoms with E-state index in [0.29, 0.717) is 17.6 Å². The maximum atomic E-state index is 12.8. The van der Waals surface area contributed by atoms with Crippen LogP contribution in [0.25, 0.3) is 0 Å². The Kier molecular flexibility index (Phi) is 5.01. The predicted molar refractivity (Wildman–Crippen MR) is 78.4 cm³/mol. The predicted octanol–water partition coefficient (Wildman–Crippen LogP) is 3.44. The topological polar surface area (TPSA) is 37.4 Å². The van der Waals surface area contributed by atoms with Crippen LogP contribution in [0.3, 0.4) is 0 Å². The number of para-hydroxylation sites is 1. The highest BCUT2D eigenvalue weighted by molar-refractivity contribution is 9.09. The molecule has 0 radical (unpaired) electrons. The van der Waals surface area contributed by atoms with Crippen LogP contribution in [0.5, 0.6) is 0 Å². The lowest BCUT2D eigenvalue weighted by Gasteiger charge is -2.37.